The maximum Gasteiger partial charge on any atom is 0.335 e. The number of rotatable bonds is 4. The van der Waals surface area contributed by atoms with E-state index in [0.717, 1.165) is 57.4 Å². The molecule has 4 heteroatoms. The van der Waals surface area contributed by atoms with Gasteiger partial charge < -0.3 is 15.0 Å². The molecule has 0 aromatic heterocycles. The molecule has 0 bridgehead atoms. The van der Waals surface area contributed by atoms with Gasteiger partial charge in [-0.2, -0.15) is 0 Å². The third-order valence-corrected chi connectivity index (χ3v) is 4.86. The number of carbonyl (C=O) groups is 1. The van der Waals surface area contributed by atoms with Gasteiger partial charge in [-0.1, -0.05) is 30.3 Å². The van der Waals surface area contributed by atoms with Crippen LogP contribution < -0.4 is 5.32 Å². The molecular weight excluding hydrogens is 288 g/mol. The first-order valence-electron chi connectivity index (χ1n) is 8.60. The first kappa shape index (κ1) is 16.1. The first-order chi connectivity index (χ1) is 11.3. The highest BCUT2D eigenvalue weighted by Crippen LogP contribution is 2.32. The molecule has 0 saturated carbocycles. The van der Waals surface area contributed by atoms with Crippen LogP contribution in [0.2, 0.25) is 0 Å². The van der Waals surface area contributed by atoms with Crippen molar-refractivity contribution in [1.82, 2.24) is 10.2 Å². The Hall–Kier alpha value is -1.81. The van der Waals surface area contributed by atoms with Crippen LogP contribution in [0.5, 0.6) is 0 Å². The van der Waals surface area contributed by atoms with Crippen LogP contribution in [0.15, 0.2) is 41.6 Å². The number of nitrogens with zero attached hydrogens (tertiary/aromatic N) is 1. The zero-order valence-corrected chi connectivity index (χ0v) is 13.9. The molecule has 1 atom stereocenters. The van der Waals surface area contributed by atoms with Gasteiger partial charge in [0.2, 0.25) is 0 Å². The standard InChI is InChI=1S/C19H26N2O2/c1-23-19(22)18(16-9-5-11-20-13-16)17-10-6-12-21(17)14-15-7-3-2-4-8-15/h2-4,7-8,16,20H,5-6,9-14H2,1H3/b18-17+. The van der Waals surface area contributed by atoms with Crippen molar-refractivity contribution in [1.29, 1.82) is 0 Å². The highest BCUT2D eigenvalue weighted by atomic mass is 16.5. The maximum absolute atomic E-state index is 12.5. The maximum atomic E-state index is 12.5. The quantitative estimate of drug-likeness (QED) is 0.685. The van der Waals surface area contributed by atoms with Crippen molar-refractivity contribution in [2.24, 2.45) is 5.92 Å². The zero-order chi connectivity index (χ0) is 16.1. The van der Waals surface area contributed by atoms with E-state index >= 15 is 0 Å². The SMILES string of the molecule is COC(=O)/C(=C1\CCCN1Cc1ccccc1)C1CCCNC1. The average molecular weight is 314 g/mol. The highest BCUT2D eigenvalue weighted by Gasteiger charge is 2.31. The fraction of sp³-hybridized carbons (Fsp3) is 0.526. The second-order valence-electron chi connectivity index (χ2n) is 6.41. The lowest BCUT2D eigenvalue weighted by Crippen LogP contribution is -2.35. The van der Waals surface area contributed by atoms with Gasteiger partial charge >= 0.3 is 5.97 Å². The Labute approximate surface area is 138 Å². The van der Waals surface area contributed by atoms with Crippen LogP contribution in [-0.4, -0.2) is 37.6 Å². The van der Waals surface area contributed by atoms with E-state index in [0.29, 0.717) is 0 Å². The fourth-order valence-corrected chi connectivity index (χ4v) is 3.74. The molecule has 1 N–H and O–H groups in total. The third kappa shape index (κ3) is 3.75. The lowest BCUT2D eigenvalue weighted by atomic mass is 9.89. The van der Waals surface area contributed by atoms with Crippen molar-refractivity contribution in [2.75, 3.05) is 26.7 Å². The van der Waals surface area contributed by atoms with E-state index in [9.17, 15) is 4.79 Å². The van der Waals surface area contributed by atoms with Crippen molar-refractivity contribution in [2.45, 2.75) is 32.2 Å². The summed E-state index contributed by atoms with van der Waals surface area (Å²) in [5.74, 6) is 0.135. The Balaban J connectivity index is 1.87. The molecule has 0 amide bonds. The second-order valence-corrected chi connectivity index (χ2v) is 6.41. The molecule has 3 rings (SSSR count). The fourth-order valence-electron chi connectivity index (χ4n) is 3.74. The second kappa shape index (κ2) is 7.64. The molecular formula is C19H26N2O2. The highest BCUT2D eigenvalue weighted by molar-refractivity contribution is 5.90. The minimum Gasteiger partial charge on any atom is -0.466 e. The van der Waals surface area contributed by atoms with Crippen LogP contribution >= 0.6 is 0 Å². The molecule has 1 aromatic rings. The summed E-state index contributed by atoms with van der Waals surface area (Å²) in [5, 5.41) is 3.42. The van der Waals surface area contributed by atoms with Gasteiger partial charge in [0, 0.05) is 31.2 Å². The number of benzene rings is 1. The molecule has 2 aliphatic heterocycles. The summed E-state index contributed by atoms with van der Waals surface area (Å²) < 4.78 is 5.13. The summed E-state index contributed by atoms with van der Waals surface area (Å²) in [6, 6.07) is 10.5. The molecule has 2 heterocycles. The van der Waals surface area contributed by atoms with Crippen molar-refractivity contribution < 1.29 is 9.53 Å². The van der Waals surface area contributed by atoms with Gasteiger partial charge in [-0.05, 0) is 37.8 Å². The van der Waals surface area contributed by atoms with E-state index in [1.165, 1.54) is 18.4 Å². The summed E-state index contributed by atoms with van der Waals surface area (Å²) >= 11 is 0. The van der Waals surface area contributed by atoms with Gasteiger partial charge in [0.15, 0.2) is 0 Å². The Morgan fingerprint density at radius 2 is 2.13 bits per heavy atom. The lowest BCUT2D eigenvalue weighted by Gasteiger charge is -2.29. The number of ether oxygens (including phenoxy) is 1. The van der Waals surface area contributed by atoms with E-state index in [2.05, 4.69) is 34.5 Å². The predicted molar refractivity (Wildman–Crippen MR) is 90.7 cm³/mol. The Bertz CT molecular complexity index is 562. The van der Waals surface area contributed by atoms with Gasteiger partial charge in [-0.3, -0.25) is 0 Å². The molecule has 0 aliphatic carbocycles. The van der Waals surface area contributed by atoms with Crippen LogP contribution in [0.4, 0.5) is 0 Å². The van der Waals surface area contributed by atoms with Gasteiger partial charge in [0.05, 0.1) is 12.7 Å². The number of likely N-dealkylation sites (tertiary alicyclic amines) is 1. The van der Waals surface area contributed by atoms with Crippen LogP contribution in [-0.2, 0) is 16.1 Å². The summed E-state index contributed by atoms with van der Waals surface area (Å²) in [6.07, 6.45) is 4.29. The summed E-state index contributed by atoms with van der Waals surface area (Å²) in [6.45, 7) is 3.82. The van der Waals surface area contributed by atoms with Gasteiger partial charge in [0.1, 0.15) is 0 Å². The number of hydrogen-bond donors (Lipinski definition) is 1. The topological polar surface area (TPSA) is 41.6 Å². The Morgan fingerprint density at radius 1 is 1.30 bits per heavy atom. The van der Waals surface area contributed by atoms with E-state index in [1.807, 2.05) is 6.07 Å². The average Bonchev–Trinajstić information content (AvgIpc) is 3.04. The minimum absolute atomic E-state index is 0.145. The summed E-state index contributed by atoms with van der Waals surface area (Å²) in [4.78, 5) is 14.8. The molecule has 1 unspecified atom stereocenters. The largest absolute Gasteiger partial charge is 0.466 e. The number of piperidine rings is 1. The Morgan fingerprint density at radius 3 is 2.83 bits per heavy atom. The molecule has 2 saturated heterocycles. The minimum atomic E-state index is -0.145. The summed E-state index contributed by atoms with van der Waals surface area (Å²) in [7, 11) is 1.50. The van der Waals surface area contributed by atoms with E-state index in [4.69, 9.17) is 4.74 Å². The predicted octanol–water partition coefficient (Wildman–Crippen LogP) is 2.71. The van der Waals surface area contributed by atoms with Crippen LogP contribution in [0.25, 0.3) is 0 Å². The molecule has 2 fully saturated rings. The lowest BCUT2D eigenvalue weighted by molar-refractivity contribution is -0.137. The first-order valence-corrected chi connectivity index (χ1v) is 8.60. The smallest absolute Gasteiger partial charge is 0.335 e. The normalized spacial score (nSPS) is 23.7. The van der Waals surface area contributed by atoms with Crippen LogP contribution in [0, 0.1) is 5.92 Å². The van der Waals surface area contributed by atoms with E-state index in [1.54, 1.807) is 0 Å². The van der Waals surface area contributed by atoms with Gasteiger partial charge in [-0.25, -0.2) is 4.79 Å². The molecule has 4 nitrogen and oxygen atoms in total. The number of carbonyl (C=O) groups excluding carboxylic acids is 1. The molecule has 2 aliphatic rings. The molecule has 124 valence electrons. The van der Waals surface area contributed by atoms with Gasteiger partial charge in [-0.15, -0.1) is 0 Å². The van der Waals surface area contributed by atoms with Crippen molar-refractivity contribution >= 4 is 5.97 Å². The van der Waals surface area contributed by atoms with E-state index in [-0.39, 0.29) is 11.9 Å². The van der Waals surface area contributed by atoms with E-state index < -0.39 is 0 Å². The summed E-state index contributed by atoms with van der Waals surface area (Å²) in [5.41, 5.74) is 3.40. The number of nitrogens with one attached hydrogen (secondary N) is 1. The van der Waals surface area contributed by atoms with Crippen molar-refractivity contribution in [3.63, 3.8) is 0 Å². The van der Waals surface area contributed by atoms with Crippen molar-refractivity contribution in [3.8, 4) is 0 Å². The number of methoxy groups -OCH3 is 1. The third-order valence-electron chi connectivity index (χ3n) is 4.86. The molecule has 0 radical (unpaired) electrons. The van der Waals surface area contributed by atoms with Gasteiger partial charge in [0.25, 0.3) is 0 Å². The van der Waals surface area contributed by atoms with Crippen LogP contribution in [0.1, 0.15) is 31.2 Å². The molecule has 1 aromatic carbocycles. The van der Waals surface area contributed by atoms with Crippen LogP contribution in [0.3, 0.4) is 0 Å². The monoisotopic (exact) mass is 314 g/mol. The zero-order valence-electron chi connectivity index (χ0n) is 13.9. The molecule has 23 heavy (non-hydrogen) atoms. The number of esters is 1. The number of hydrogen-bond acceptors (Lipinski definition) is 4. The van der Waals surface area contributed by atoms with Crippen molar-refractivity contribution in [3.05, 3.63) is 47.2 Å². The number of allylic oxidation sites excluding steroid dienone is 1. The Kier molecular flexibility index (Phi) is 5.34. The molecule has 0 spiro atoms.